The third-order valence-electron chi connectivity index (χ3n) is 1.89. The number of nitrogens with two attached hydrogens (primary N) is 1. The lowest BCUT2D eigenvalue weighted by molar-refractivity contribution is -0.125. The van der Waals surface area contributed by atoms with Crippen LogP contribution in [0, 0.1) is 0 Å². The first kappa shape index (κ1) is 13.3. The first-order chi connectivity index (χ1) is 7.99. The van der Waals surface area contributed by atoms with Gasteiger partial charge in [-0.05, 0) is 24.3 Å². The number of hydrogen-bond donors (Lipinski definition) is 4. The largest absolute Gasteiger partial charge is 0.381 e. The first-order valence-electron chi connectivity index (χ1n) is 4.77. The van der Waals surface area contributed by atoms with E-state index < -0.39 is 18.0 Å². The van der Waals surface area contributed by atoms with Crippen molar-refractivity contribution in [3.8, 4) is 0 Å². The van der Waals surface area contributed by atoms with Gasteiger partial charge in [-0.25, -0.2) is 4.79 Å². The van der Waals surface area contributed by atoms with E-state index in [1.807, 2.05) is 0 Å². The number of hydrogen-bond acceptors (Lipinski definition) is 3. The highest BCUT2D eigenvalue weighted by Gasteiger charge is 2.11. The van der Waals surface area contributed by atoms with Crippen molar-refractivity contribution in [1.29, 1.82) is 0 Å². The summed E-state index contributed by atoms with van der Waals surface area (Å²) in [4.78, 5) is 21.8. The number of benzene rings is 1. The average molecular weight is 258 g/mol. The van der Waals surface area contributed by atoms with Crippen molar-refractivity contribution in [2.75, 3.05) is 11.9 Å². The van der Waals surface area contributed by atoms with Crippen LogP contribution in [0.1, 0.15) is 0 Å². The Labute approximate surface area is 103 Å². The Kier molecular flexibility index (Phi) is 4.74. The van der Waals surface area contributed by atoms with Crippen LogP contribution in [-0.4, -0.2) is 29.7 Å². The Morgan fingerprint density at radius 2 is 1.94 bits per heavy atom. The van der Waals surface area contributed by atoms with E-state index in [0.29, 0.717) is 10.7 Å². The van der Waals surface area contributed by atoms with Crippen LogP contribution in [0.2, 0.25) is 5.02 Å². The lowest BCUT2D eigenvalue weighted by Crippen LogP contribution is -2.41. The van der Waals surface area contributed by atoms with E-state index in [2.05, 4.69) is 10.6 Å². The number of carbonyl (C=O) groups excluding carboxylic acids is 2. The summed E-state index contributed by atoms with van der Waals surface area (Å²) in [5, 5.41) is 14.4. The summed E-state index contributed by atoms with van der Waals surface area (Å²) in [6, 6.07) is 5.93. The van der Waals surface area contributed by atoms with Gasteiger partial charge >= 0.3 is 6.03 Å². The molecule has 92 valence electrons. The summed E-state index contributed by atoms with van der Waals surface area (Å²) in [5.74, 6) is -0.892. The van der Waals surface area contributed by atoms with Crippen LogP contribution in [0.25, 0.3) is 0 Å². The number of primary amides is 1. The van der Waals surface area contributed by atoms with Gasteiger partial charge in [-0.1, -0.05) is 11.6 Å². The van der Waals surface area contributed by atoms with Crippen molar-refractivity contribution in [3.05, 3.63) is 29.3 Å². The molecular weight excluding hydrogens is 246 g/mol. The summed E-state index contributed by atoms with van der Waals surface area (Å²) >= 11 is 5.67. The second kappa shape index (κ2) is 6.07. The smallest absolute Gasteiger partial charge is 0.319 e. The van der Waals surface area contributed by atoms with Gasteiger partial charge < -0.3 is 21.5 Å². The predicted octanol–water partition coefficient (Wildman–Crippen LogP) is 0.308. The van der Waals surface area contributed by atoms with Gasteiger partial charge in [-0.15, -0.1) is 0 Å². The SMILES string of the molecule is NC(=O)[C@@H](O)CNC(=O)Nc1ccc(Cl)cc1. The third kappa shape index (κ3) is 4.71. The minimum atomic E-state index is -1.40. The molecule has 5 N–H and O–H groups in total. The Bertz CT molecular complexity index is 408. The molecule has 1 atom stereocenters. The maximum Gasteiger partial charge on any atom is 0.319 e. The van der Waals surface area contributed by atoms with E-state index in [-0.39, 0.29) is 6.54 Å². The molecule has 0 aliphatic rings. The summed E-state index contributed by atoms with van der Waals surface area (Å²) in [5.41, 5.74) is 5.36. The van der Waals surface area contributed by atoms with Gasteiger partial charge in [-0.3, -0.25) is 4.79 Å². The van der Waals surface area contributed by atoms with Crippen molar-refractivity contribution >= 4 is 29.2 Å². The highest BCUT2D eigenvalue weighted by atomic mass is 35.5. The fraction of sp³-hybridized carbons (Fsp3) is 0.200. The molecule has 0 unspecified atom stereocenters. The molecule has 0 bridgehead atoms. The van der Waals surface area contributed by atoms with E-state index in [1.165, 1.54) is 0 Å². The first-order valence-corrected chi connectivity index (χ1v) is 5.14. The summed E-state index contributed by atoms with van der Waals surface area (Å²) in [6.07, 6.45) is -1.40. The lowest BCUT2D eigenvalue weighted by Gasteiger charge is -2.09. The molecule has 0 aliphatic carbocycles. The summed E-state index contributed by atoms with van der Waals surface area (Å²) in [6.45, 7) is -0.241. The predicted molar refractivity (Wildman–Crippen MR) is 63.7 cm³/mol. The van der Waals surface area contributed by atoms with Gasteiger partial charge in [0.25, 0.3) is 0 Å². The van der Waals surface area contributed by atoms with E-state index in [1.54, 1.807) is 24.3 Å². The molecule has 1 rings (SSSR count). The van der Waals surface area contributed by atoms with Gasteiger partial charge in [-0.2, -0.15) is 0 Å². The zero-order chi connectivity index (χ0) is 12.8. The molecule has 3 amide bonds. The molecule has 0 radical (unpaired) electrons. The molecule has 0 saturated heterocycles. The summed E-state index contributed by atoms with van der Waals surface area (Å²) < 4.78 is 0. The normalized spacial score (nSPS) is 11.6. The maximum absolute atomic E-state index is 11.3. The minimum Gasteiger partial charge on any atom is -0.381 e. The molecule has 0 aromatic heterocycles. The van der Waals surface area contributed by atoms with Gasteiger partial charge in [0.2, 0.25) is 5.91 Å². The topological polar surface area (TPSA) is 104 Å². The number of carbonyl (C=O) groups is 2. The summed E-state index contributed by atoms with van der Waals surface area (Å²) in [7, 11) is 0. The molecule has 0 aliphatic heterocycles. The number of urea groups is 1. The second-order valence-electron chi connectivity index (χ2n) is 3.26. The van der Waals surface area contributed by atoms with E-state index in [4.69, 9.17) is 22.4 Å². The highest BCUT2D eigenvalue weighted by Crippen LogP contribution is 2.12. The van der Waals surface area contributed by atoms with Crippen molar-refractivity contribution in [2.45, 2.75) is 6.10 Å². The van der Waals surface area contributed by atoms with Crippen LogP contribution in [0.3, 0.4) is 0 Å². The Hall–Kier alpha value is -1.79. The van der Waals surface area contributed by atoms with Crippen molar-refractivity contribution in [2.24, 2.45) is 5.73 Å². The zero-order valence-corrected chi connectivity index (χ0v) is 9.57. The van der Waals surface area contributed by atoms with Gasteiger partial charge in [0, 0.05) is 10.7 Å². The van der Waals surface area contributed by atoms with E-state index in [9.17, 15) is 9.59 Å². The fourth-order valence-electron chi connectivity index (χ4n) is 0.998. The number of anilines is 1. The van der Waals surface area contributed by atoms with Gasteiger partial charge in [0.1, 0.15) is 6.10 Å². The molecule has 17 heavy (non-hydrogen) atoms. The van der Waals surface area contributed by atoms with Crippen LogP contribution in [0.15, 0.2) is 24.3 Å². The second-order valence-corrected chi connectivity index (χ2v) is 3.70. The minimum absolute atomic E-state index is 0.241. The quantitative estimate of drug-likeness (QED) is 0.624. The Morgan fingerprint density at radius 1 is 1.35 bits per heavy atom. The molecule has 7 heteroatoms. The molecular formula is C10H12ClN3O3. The number of amides is 3. The van der Waals surface area contributed by atoms with Crippen LogP contribution in [0.5, 0.6) is 0 Å². The van der Waals surface area contributed by atoms with Crippen LogP contribution >= 0.6 is 11.6 Å². The molecule has 0 fully saturated rings. The number of halogens is 1. The molecule has 0 spiro atoms. The zero-order valence-electron chi connectivity index (χ0n) is 8.81. The van der Waals surface area contributed by atoms with Crippen LogP contribution in [0.4, 0.5) is 10.5 Å². The molecule has 1 aromatic carbocycles. The maximum atomic E-state index is 11.3. The van der Waals surface area contributed by atoms with Crippen LogP contribution < -0.4 is 16.4 Å². The van der Waals surface area contributed by atoms with Crippen molar-refractivity contribution in [1.82, 2.24) is 5.32 Å². The third-order valence-corrected chi connectivity index (χ3v) is 2.14. The number of rotatable bonds is 4. The molecule has 0 heterocycles. The fourth-order valence-corrected chi connectivity index (χ4v) is 1.12. The Balaban J connectivity index is 2.39. The monoisotopic (exact) mass is 257 g/mol. The average Bonchev–Trinajstić information content (AvgIpc) is 2.29. The number of aliphatic hydroxyl groups excluding tert-OH is 1. The van der Waals surface area contributed by atoms with Gasteiger partial charge in [0.15, 0.2) is 0 Å². The van der Waals surface area contributed by atoms with Gasteiger partial charge in [0.05, 0.1) is 6.54 Å². The van der Waals surface area contributed by atoms with E-state index in [0.717, 1.165) is 0 Å². The molecule has 0 saturated carbocycles. The lowest BCUT2D eigenvalue weighted by atomic mass is 10.3. The van der Waals surface area contributed by atoms with E-state index >= 15 is 0 Å². The number of aliphatic hydroxyl groups is 1. The van der Waals surface area contributed by atoms with Crippen molar-refractivity contribution < 1.29 is 14.7 Å². The highest BCUT2D eigenvalue weighted by molar-refractivity contribution is 6.30. The molecule has 6 nitrogen and oxygen atoms in total. The van der Waals surface area contributed by atoms with Crippen LogP contribution in [-0.2, 0) is 4.79 Å². The number of nitrogens with one attached hydrogen (secondary N) is 2. The standard InChI is InChI=1S/C10H12ClN3O3/c11-6-1-3-7(4-2-6)14-10(17)13-5-8(15)9(12)16/h1-4,8,15H,5H2,(H2,12,16)(H2,13,14,17)/t8-/m0/s1. The Morgan fingerprint density at radius 3 is 2.47 bits per heavy atom. The molecule has 1 aromatic rings. The van der Waals surface area contributed by atoms with Crippen molar-refractivity contribution in [3.63, 3.8) is 0 Å².